The monoisotopic (exact) mass is 263 g/mol. The Labute approximate surface area is 108 Å². The van der Waals surface area contributed by atoms with Crippen LogP contribution in [0.1, 0.15) is 12.8 Å². The van der Waals surface area contributed by atoms with Crippen LogP contribution in [0, 0.1) is 10.1 Å². The molecule has 0 saturated carbocycles. The maximum atomic E-state index is 10.7. The van der Waals surface area contributed by atoms with Crippen LogP contribution >= 0.6 is 0 Å². The van der Waals surface area contributed by atoms with E-state index >= 15 is 0 Å². The summed E-state index contributed by atoms with van der Waals surface area (Å²) < 4.78 is 11.1. The number of nitro benzene ring substituents is 1. The van der Waals surface area contributed by atoms with E-state index in [0.29, 0.717) is 11.1 Å². The van der Waals surface area contributed by atoms with Crippen molar-refractivity contribution in [2.45, 2.75) is 18.9 Å². The Balaban J connectivity index is 1.82. The largest absolute Gasteiger partial charge is 0.447 e. The lowest BCUT2D eigenvalue weighted by Crippen LogP contribution is -2.34. The number of non-ortho nitro benzene ring substituents is 1. The van der Waals surface area contributed by atoms with Gasteiger partial charge in [-0.05, 0) is 32.0 Å². The summed E-state index contributed by atoms with van der Waals surface area (Å²) in [4.78, 5) is 14.4. The van der Waals surface area contributed by atoms with E-state index in [1.165, 1.54) is 18.2 Å². The van der Waals surface area contributed by atoms with Crippen molar-refractivity contribution >= 4 is 16.8 Å². The summed E-state index contributed by atoms with van der Waals surface area (Å²) in [5.41, 5.74) is 0.932. The van der Waals surface area contributed by atoms with Gasteiger partial charge in [-0.25, -0.2) is 0 Å². The third-order valence-electron chi connectivity index (χ3n) is 3.12. The van der Waals surface area contributed by atoms with Crippen LogP contribution in [0.15, 0.2) is 22.6 Å². The van der Waals surface area contributed by atoms with E-state index in [1.807, 2.05) is 0 Å². The number of benzene rings is 1. The quantitative estimate of drug-likeness (QED) is 0.671. The fourth-order valence-electron chi connectivity index (χ4n) is 2.11. The van der Waals surface area contributed by atoms with E-state index in [2.05, 4.69) is 10.3 Å². The molecule has 1 N–H and O–H groups in total. The zero-order valence-corrected chi connectivity index (χ0v) is 10.2. The lowest BCUT2D eigenvalue weighted by molar-refractivity contribution is -0.384. The first-order chi connectivity index (χ1) is 9.22. The highest BCUT2D eigenvalue weighted by Crippen LogP contribution is 2.25. The standard InChI is InChI=1S/C12H13N3O4/c16-15(17)8-1-2-11-10(7-8)14-12(19-11)18-9-3-5-13-6-4-9/h1-2,7,9,13H,3-6H2. The van der Waals surface area contributed by atoms with E-state index in [9.17, 15) is 10.1 Å². The van der Waals surface area contributed by atoms with Gasteiger partial charge in [0, 0.05) is 12.1 Å². The van der Waals surface area contributed by atoms with E-state index in [1.54, 1.807) is 0 Å². The second-order valence-corrected chi connectivity index (χ2v) is 4.46. The molecule has 0 unspecified atom stereocenters. The van der Waals surface area contributed by atoms with Crippen molar-refractivity contribution in [3.63, 3.8) is 0 Å². The zero-order valence-electron chi connectivity index (χ0n) is 10.2. The van der Waals surface area contributed by atoms with Crippen molar-refractivity contribution in [3.8, 4) is 6.08 Å². The summed E-state index contributed by atoms with van der Waals surface area (Å²) >= 11 is 0. The molecular formula is C12H13N3O4. The number of aromatic nitrogens is 1. The molecule has 2 heterocycles. The molecule has 1 aliphatic rings. The highest BCUT2D eigenvalue weighted by Gasteiger charge is 2.18. The second-order valence-electron chi connectivity index (χ2n) is 4.46. The molecule has 7 heteroatoms. The number of fused-ring (bicyclic) bond motifs is 1. The van der Waals surface area contributed by atoms with Crippen molar-refractivity contribution in [2.75, 3.05) is 13.1 Å². The van der Waals surface area contributed by atoms with E-state index < -0.39 is 4.92 Å². The molecule has 7 nitrogen and oxygen atoms in total. The molecular weight excluding hydrogens is 250 g/mol. The molecule has 1 saturated heterocycles. The lowest BCUT2D eigenvalue weighted by Gasteiger charge is -2.21. The number of hydrogen-bond donors (Lipinski definition) is 1. The van der Waals surface area contributed by atoms with Gasteiger partial charge in [0.15, 0.2) is 5.58 Å². The number of oxazole rings is 1. The third-order valence-corrected chi connectivity index (χ3v) is 3.12. The highest BCUT2D eigenvalue weighted by atomic mass is 16.6. The van der Waals surface area contributed by atoms with Crippen molar-refractivity contribution in [3.05, 3.63) is 28.3 Å². The van der Waals surface area contributed by atoms with Crippen LogP contribution < -0.4 is 10.1 Å². The maximum absolute atomic E-state index is 10.7. The van der Waals surface area contributed by atoms with Gasteiger partial charge in [-0.15, -0.1) is 0 Å². The van der Waals surface area contributed by atoms with Crippen molar-refractivity contribution in [1.29, 1.82) is 0 Å². The van der Waals surface area contributed by atoms with Crippen LogP contribution in [-0.4, -0.2) is 29.1 Å². The maximum Gasteiger partial charge on any atom is 0.394 e. The highest BCUT2D eigenvalue weighted by molar-refractivity contribution is 5.75. The average molecular weight is 263 g/mol. The van der Waals surface area contributed by atoms with E-state index in [0.717, 1.165) is 25.9 Å². The number of nitrogens with one attached hydrogen (secondary N) is 1. The van der Waals surface area contributed by atoms with Crippen LogP contribution in [0.4, 0.5) is 5.69 Å². The molecule has 3 rings (SSSR count). The topological polar surface area (TPSA) is 90.4 Å². The number of ether oxygens (including phenoxy) is 1. The van der Waals surface area contributed by atoms with Gasteiger partial charge in [0.05, 0.1) is 4.92 Å². The molecule has 1 fully saturated rings. The summed E-state index contributed by atoms with van der Waals surface area (Å²) in [5, 5.41) is 13.9. The van der Waals surface area contributed by atoms with Crippen molar-refractivity contribution in [1.82, 2.24) is 10.3 Å². The van der Waals surface area contributed by atoms with Crippen LogP contribution in [0.5, 0.6) is 6.08 Å². The molecule has 100 valence electrons. The average Bonchev–Trinajstić information content (AvgIpc) is 2.80. The summed E-state index contributed by atoms with van der Waals surface area (Å²) in [5.74, 6) is 0. The molecule has 0 amide bonds. The van der Waals surface area contributed by atoms with Crippen LogP contribution in [-0.2, 0) is 0 Å². The number of nitro groups is 1. The summed E-state index contributed by atoms with van der Waals surface area (Å²) in [6.45, 7) is 1.83. The minimum Gasteiger partial charge on any atom is -0.447 e. The SMILES string of the molecule is O=[N+]([O-])c1ccc2oc(OC3CCNCC3)nc2c1. The molecule has 0 radical (unpaired) electrons. The summed E-state index contributed by atoms with van der Waals surface area (Å²) in [7, 11) is 0. The van der Waals surface area contributed by atoms with Crippen molar-refractivity contribution in [2.24, 2.45) is 0 Å². The number of rotatable bonds is 3. The number of hydrogen-bond acceptors (Lipinski definition) is 6. The first-order valence-electron chi connectivity index (χ1n) is 6.15. The smallest absolute Gasteiger partial charge is 0.394 e. The molecule has 1 aromatic carbocycles. The Morgan fingerprint density at radius 1 is 1.42 bits per heavy atom. The molecule has 1 aromatic heterocycles. The van der Waals surface area contributed by atoms with Gasteiger partial charge in [-0.1, -0.05) is 0 Å². The fourth-order valence-corrected chi connectivity index (χ4v) is 2.11. The first-order valence-corrected chi connectivity index (χ1v) is 6.15. The zero-order chi connectivity index (χ0) is 13.2. The molecule has 1 aliphatic heterocycles. The summed E-state index contributed by atoms with van der Waals surface area (Å²) in [6, 6.07) is 4.31. The molecule has 0 bridgehead atoms. The van der Waals surface area contributed by atoms with Gasteiger partial charge < -0.3 is 14.5 Å². The fraction of sp³-hybridized carbons (Fsp3) is 0.417. The van der Waals surface area contributed by atoms with E-state index in [4.69, 9.17) is 9.15 Å². The van der Waals surface area contributed by atoms with Gasteiger partial charge in [-0.3, -0.25) is 10.1 Å². The van der Waals surface area contributed by atoms with E-state index in [-0.39, 0.29) is 17.9 Å². The molecule has 2 aromatic rings. The van der Waals surface area contributed by atoms with Gasteiger partial charge in [0.25, 0.3) is 5.69 Å². The Morgan fingerprint density at radius 2 is 2.21 bits per heavy atom. The Hall–Kier alpha value is -2.15. The second kappa shape index (κ2) is 4.85. The lowest BCUT2D eigenvalue weighted by atomic mass is 10.1. The predicted molar refractivity (Wildman–Crippen MR) is 67.2 cm³/mol. The molecule has 19 heavy (non-hydrogen) atoms. The van der Waals surface area contributed by atoms with Gasteiger partial charge in [0.2, 0.25) is 0 Å². The Morgan fingerprint density at radius 3 is 2.95 bits per heavy atom. The van der Waals surface area contributed by atoms with Gasteiger partial charge >= 0.3 is 6.08 Å². The van der Waals surface area contributed by atoms with Crippen LogP contribution in [0.25, 0.3) is 11.1 Å². The Bertz CT molecular complexity index is 604. The normalized spacial score (nSPS) is 16.6. The third kappa shape index (κ3) is 2.50. The minimum atomic E-state index is -0.457. The van der Waals surface area contributed by atoms with Crippen LogP contribution in [0.2, 0.25) is 0 Å². The summed E-state index contributed by atoms with van der Waals surface area (Å²) in [6.07, 6.45) is 2.07. The van der Waals surface area contributed by atoms with Crippen molar-refractivity contribution < 1.29 is 14.1 Å². The predicted octanol–water partition coefficient (Wildman–Crippen LogP) is 1.87. The molecule has 0 aliphatic carbocycles. The van der Waals surface area contributed by atoms with Gasteiger partial charge in [0.1, 0.15) is 11.6 Å². The van der Waals surface area contributed by atoms with Crippen LogP contribution in [0.3, 0.4) is 0 Å². The van der Waals surface area contributed by atoms with Gasteiger partial charge in [-0.2, -0.15) is 4.98 Å². The minimum absolute atomic E-state index is 0.00536. The number of nitrogens with zero attached hydrogens (tertiary/aromatic N) is 2. The molecule has 0 spiro atoms. The molecule has 0 atom stereocenters. The first kappa shape index (κ1) is 11.9. The number of piperidine rings is 1. The Kier molecular flexibility index (Phi) is 3.04.